The first kappa shape index (κ1) is 16.8. The second-order valence-corrected chi connectivity index (χ2v) is 4.98. The van der Waals surface area contributed by atoms with E-state index < -0.39 is 12.1 Å². The third-order valence-corrected chi connectivity index (χ3v) is 3.41. The fourth-order valence-corrected chi connectivity index (χ4v) is 2.24. The number of methoxy groups -OCH3 is 1. The molecule has 23 heavy (non-hydrogen) atoms. The van der Waals surface area contributed by atoms with Gasteiger partial charge in [-0.2, -0.15) is 0 Å². The van der Waals surface area contributed by atoms with Gasteiger partial charge in [0.2, 0.25) is 0 Å². The number of aromatic carboxylic acids is 1. The van der Waals surface area contributed by atoms with Gasteiger partial charge in [-0.15, -0.1) is 0 Å². The molecule has 0 saturated heterocycles. The third kappa shape index (κ3) is 4.00. The highest BCUT2D eigenvalue weighted by molar-refractivity contribution is 6.00. The summed E-state index contributed by atoms with van der Waals surface area (Å²) in [7, 11) is 1.56. The lowest BCUT2D eigenvalue weighted by Gasteiger charge is -2.16. The fraction of sp³-hybridized carbons (Fsp3) is 0.235. The van der Waals surface area contributed by atoms with Crippen LogP contribution in [0.25, 0.3) is 11.1 Å². The van der Waals surface area contributed by atoms with Gasteiger partial charge in [0, 0.05) is 17.8 Å². The predicted octanol–water partition coefficient (Wildman–Crippen LogP) is 1.83. The smallest absolute Gasteiger partial charge is 0.336 e. The van der Waals surface area contributed by atoms with Gasteiger partial charge in [-0.05, 0) is 29.8 Å². The highest BCUT2D eigenvalue weighted by Crippen LogP contribution is 2.33. The molecule has 0 aliphatic rings. The summed E-state index contributed by atoms with van der Waals surface area (Å²) in [6.45, 7) is -0.258. The Labute approximate surface area is 134 Å². The van der Waals surface area contributed by atoms with E-state index in [0.29, 0.717) is 22.6 Å². The summed E-state index contributed by atoms with van der Waals surface area (Å²) in [5.74, 6) is -0.367. The molecule has 6 heteroatoms. The molecular weight excluding hydrogens is 298 g/mol. The number of anilines is 1. The number of benzene rings is 2. The number of hydrogen-bond acceptors (Lipinski definition) is 5. The first-order chi connectivity index (χ1) is 11.1. The van der Waals surface area contributed by atoms with Crippen LogP contribution in [0.5, 0.6) is 5.75 Å². The molecule has 1 unspecified atom stereocenters. The van der Waals surface area contributed by atoms with Crippen LogP contribution in [0, 0.1) is 0 Å². The van der Waals surface area contributed by atoms with Crippen molar-refractivity contribution in [2.24, 2.45) is 0 Å². The summed E-state index contributed by atoms with van der Waals surface area (Å²) in [5.41, 5.74) is 1.96. The molecule has 0 aliphatic heterocycles. The average molecular weight is 317 g/mol. The number of ether oxygens (including phenoxy) is 1. The largest absolute Gasteiger partial charge is 0.497 e. The van der Waals surface area contributed by atoms with E-state index in [4.69, 9.17) is 9.84 Å². The maximum atomic E-state index is 11.5. The molecule has 0 spiro atoms. The van der Waals surface area contributed by atoms with Crippen LogP contribution in [0.1, 0.15) is 10.4 Å². The maximum Gasteiger partial charge on any atom is 0.336 e. The lowest BCUT2D eigenvalue weighted by atomic mass is 9.97. The minimum Gasteiger partial charge on any atom is -0.497 e. The first-order valence-corrected chi connectivity index (χ1v) is 7.10. The van der Waals surface area contributed by atoms with E-state index >= 15 is 0 Å². The standard InChI is InChI=1S/C17H19NO5/c1-23-13-7-5-11(6-8-13)16-14(17(21)22)3-2-4-15(16)18-9-12(20)10-19/h2-8,12,18-20H,9-10H2,1H3,(H,21,22). The summed E-state index contributed by atoms with van der Waals surface area (Å²) >= 11 is 0. The number of hydrogen-bond donors (Lipinski definition) is 4. The molecule has 0 amide bonds. The molecule has 0 aliphatic carbocycles. The van der Waals surface area contributed by atoms with Crippen LogP contribution >= 0.6 is 0 Å². The topological polar surface area (TPSA) is 99.0 Å². The number of carboxylic acids is 1. The Bertz CT molecular complexity index is 669. The Kier molecular flexibility index (Phi) is 5.56. The zero-order valence-corrected chi connectivity index (χ0v) is 12.7. The second kappa shape index (κ2) is 7.62. The van der Waals surface area contributed by atoms with Crippen LogP contribution in [0.3, 0.4) is 0 Å². The molecule has 2 aromatic carbocycles. The lowest BCUT2D eigenvalue weighted by molar-refractivity contribution is 0.0697. The number of aliphatic hydroxyl groups excluding tert-OH is 2. The number of carboxylic acid groups (broad SMARTS) is 1. The Hall–Kier alpha value is -2.57. The van der Waals surface area contributed by atoms with Gasteiger partial charge in [0.1, 0.15) is 5.75 Å². The van der Waals surface area contributed by atoms with Crippen molar-refractivity contribution in [3.63, 3.8) is 0 Å². The minimum atomic E-state index is -1.04. The van der Waals surface area contributed by atoms with E-state index in [-0.39, 0.29) is 18.7 Å². The summed E-state index contributed by atoms with van der Waals surface area (Å²) in [6, 6.07) is 11.9. The van der Waals surface area contributed by atoms with Crippen LogP contribution in [0.15, 0.2) is 42.5 Å². The van der Waals surface area contributed by atoms with E-state index in [9.17, 15) is 15.0 Å². The van der Waals surface area contributed by atoms with Crippen molar-refractivity contribution in [2.45, 2.75) is 6.10 Å². The SMILES string of the molecule is COc1ccc(-c2c(NCC(O)CO)cccc2C(=O)O)cc1. The summed E-state index contributed by atoms with van der Waals surface area (Å²) in [5, 5.41) is 30.8. The summed E-state index contributed by atoms with van der Waals surface area (Å²) < 4.78 is 5.11. The third-order valence-electron chi connectivity index (χ3n) is 3.41. The van der Waals surface area contributed by atoms with Gasteiger partial charge >= 0.3 is 5.97 Å². The van der Waals surface area contributed by atoms with Crippen LogP contribution in [0.2, 0.25) is 0 Å². The van der Waals surface area contributed by atoms with Gasteiger partial charge < -0.3 is 25.4 Å². The maximum absolute atomic E-state index is 11.5. The fourth-order valence-electron chi connectivity index (χ4n) is 2.24. The van der Waals surface area contributed by atoms with Gasteiger partial charge in [0.25, 0.3) is 0 Å². The lowest BCUT2D eigenvalue weighted by Crippen LogP contribution is -2.23. The van der Waals surface area contributed by atoms with Gasteiger partial charge in [-0.3, -0.25) is 0 Å². The summed E-state index contributed by atoms with van der Waals surface area (Å²) in [4.78, 5) is 11.5. The van der Waals surface area contributed by atoms with E-state index in [2.05, 4.69) is 5.32 Å². The van der Waals surface area contributed by atoms with E-state index in [1.165, 1.54) is 6.07 Å². The van der Waals surface area contributed by atoms with Crippen molar-refractivity contribution in [3.8, 4) is 16.9 Å². The van der Waals surface area contributed by atoms with E-state index in [1.807, 2.05) is 0 Å². The summed E-state index contributed by atoms with van der Waals surface area (Å²) in [6.07, 6.45) is -0.924. The van der Waals surface area contributed by atoms with Crippen molar-refractivity contribution in [3.05, 3.63) is 48.0 Å². The van der Waals surface area contributed by atoms with Crippen molar-refractivity contribution in [1.29, 1.82) is 0 Å². The Morgan fingerprint density at radius 3 is 2.48 bits per heavy atom. The van der Waals surface area contributed by atoms with Gasteiger partial charge in [0.05, 0.1) is 25.4 Å². The van der Waals surface area contributed by atoms with Crippen LogP contribution in [-0.2, 0) is 0 Å². The molecule has 0 heterocycles. The quantitative estimate of drug-likeness (QED) is 0.622. The van der Waals surface area contributed by atoms with Crippen molar-refractivity contribution in [1.82, 2.24) is 0 Å². The molecule has 6 nitrogen and oxygen atoms in total. The number of carbonyl (C=O) groups is 1. The van der Waals surface area contributed by atoms with E-state index in [0.717, 1.165) is 0 Å². The molecule has 2 rings (SSSR count). The zero-order chi connectivity index (χ0) is 16.8. The molecule has 4 N–H and O–H groups in total. The van der Waals surface area contributed by atoms with Gasteiger partial charge in [-0.1, -0.05) is 18.2 Å². The first-order valence-electron chi connectivity index (χ1n) is 7.10. The highest BCUT2D eigenvalue weighted by Gasteiger charge is 2.16. The number of nitrogens with one attached hydrogen (secondary N) is 1. The van der Waals surface area contributed by atoms with Gasteiger partial charge in [0.15, 0.2) is 0 Å². The normalized spacial score (nSPS) is 11.8. The Balaban J connectivity index is 2.45. The average Bonchev–Trinajstić information content (AvgIpc) is 2.59. The van der Waals surface area contributed by atoms with Crippen LogP contribution < -0.4 is 10.1 Å². The van der Waals surface area contributed by atoms with Crippen LogP contribution in [0.4, 0.5) is 5.69 Å². The van der Waals surface area contributed by atoms with Crippen LogP contribution in [-0.4, -0.2) is 47.7 Å². The zero-order valence-electron chi connectivity index (χ0n) is 12.7. The molecule has 0 saturated carbocycles. The Morgan fingerprint density at radius 1 is 1.22 bits per heavy atom. The number of aliphatic hydroxyl groups is 2. The predicted molar refractivity (Wildman–Crippen MR) is 87.0 cm³/mol. The molecular formula is C17H19NO5. The van der Waals surface area contributed by atoms with E-state index in [1.54, 1.807) is 43.5 Å². The number of rotatable bonds is 7. The Morgan fingerprint density at radius 2 is 1.91 bits per heavy atom. The molecule has 2 aromatic rings. The second-order valence-electron chi connectivity index (χ2n) is 4.98. The molecule has 0 bridgehead atoms. The van der Waals surface area contributed by atoms with Gasteiger partial charge in [-0.25, -0.2) is 4.79 Å². The molecule has 122 valence electrons. The molecule has 0 fully saturated rings. The molecule has 0 aromatic heterocycles. The highest BCUT2D eigenvalue weighted by atomic mass is 16.5. The molecule has 1 atom stereocenters. The van der Waals surface area contributed by atoms with Crippen molar-refractivity contribution >= 4 is 11.7 Å². The monoisotopic (exact) mass is 317 g/mol. The molecule has 0 radical (unpaired) electrons. The van der Waals surface area contributed by atoms with Crippen molar-refractivity contribution in [2.75, 3.05) is 25.6 Å². The van der Waals surface area contributed by atoms with Crippen molar-refractivity contribution < 1.29 is 24.9 Å². The minimum absolute atomic E-state index is 0.114.